The van der Waals surface area contributed by atoms with Crippen LogP contribution in [0.3, 0.4) is 0 Å². The van der Waals surface area contributed by atoms with Crippen molar-refractivity contribution in [1.82, 2.24) is 10.3 Å². The molecule has 1 amide bonds. The van der Waals surface area contributed by atoms with Crippen LogP contribution in [0, 0.1) is 17.0 Å². The van der Waals surface area contributed by atoms with E-state index in [2.05, 4.69) is 15.6 Å². The fourth-order valence-corrected chi connectivity index (χ4v) is 1.98. The maximum Gasteiger partial charge on any atom is 0.271 e. The van der Waals surface area contributed by atoms with Crippen LogP contribution in [0.1, 0.15) is 31.3 Å². The van der Waals surface area contributed by atoms with Crippen LogP contribution in [0.2, 0.25) is 0 Å². The smallest absolute Gasteiger partial charge is 0.271 e. The minimum absolute atomic E-state index is 0.253. The number of carbonyl (C=O) groups excluding carboxylic acids is 1. The van der Waals surface area contributed by atoms with Crippen molar-refractivity contribution in [1.29, 1.82) is 0 Å². The van der Waals surface area contributed by atoms with Gasteiger partial charge in [-0.05, 0) is 24.3 Å². The van der Waals surface area contributed by atoms with Crippen molar-refractivity contribution >= 4 is 11.6 Å². The van der Waals surface area contributed by atoms with Crippen molar-refractivity contribution < 1.29 is 13.6 Å². The summed E-state index contributed by atoms with van der Waals surface area (Å²) in [6.45, 7) is 5.71. The van der Waals surface area contributed by atoms with Gasteiger partial charge in [0.15, 0.2) is 0 Å². The SMILES string of the molecule is CC(C)(C)C(NC(=O)c1ccccn1)Nc1cc(F)cc(F)c1. The molecule has 1 unspecified atom stereocenters. The number of hydrogen-bond acceptors (Lipinski definition) is 3. The summed E-state index contributed by atoms with van der Waals surface area (Å²) in [5.74, 6) is -1.73. The molecule has 23 heavy (non-hydrogen) atoms. The van der Waals surface area contributed by atoms with Crippen molar-refractivity contribution in [2.45, 2.75) is 26.9 Å². The highest BCUT2D eigenvalue weighted by molar-refractivity contribution is 5.92. The predicted octanol–water partition coefficient (Wildman–Crippen LogP) is 3.57. The standard InChI is InChI=1S/C17H19F2N3O/c1-17(2,3)16(21-13-9-11(18)8-12(19)10-13)22-15(23)14-6-4-5-7-20-14/h4-10,16,21H,1-3H3,(H,22,23). The van der Waals surface area contributed by atoms with E-state index in [1.165, 1.54) is 18.3 Å². The molecular weight excluding hydrogens is 300 g/mol. The van der Waals surface area contributed by atoms with Crippen LogP contribution in [-0.2, 0) is 0 Å². The van der Waals surface area contributed by atoms with Crippen molar-refractivity contribution in [2.24, 2.45) is 5.41 Å². The van der Waals surface area contributed by atoms with E-state index in [0.29, 0.717) is 0 Å². The molecule has 0 aliphatic rings. The van der Waals surface area contributed by atoms with Crippen LogP contribution in [0.5, 0.6) is 0 Å². The molecule has 0 saturated heterocycles. The van der Waals surface area contributed by atoms with Gasteiger partial charge in [-0.2, -0.15) is 0 Å². The van der Waals surface area contributed by atoms with E-state index in [4.69, 9.17) is 0 Å². The summed E-state index contributed by atoms with van der Waals surface area (Å²) in [5.41, 5.74) is 0.130. The number of halogens is 2. The maximum atomic E-state index is 13.3. The Labute approximate surface area is 133 Å². The lowest BCUT2D eigenvalue weighted by molar-refractivity contribution is 0.0908. The lowest BCUT2D eigenvalue weighted by Gasteiger charge is -2.33. The first kappa shape index (κ1) is 16.9. The van der Waals surface area contributed by atoms with Crippen molar-refractivity contribution in [3.63, 3.8) is 0 Å². The summed E-state index contributed by atoms with van der Waals surface area (Å²) in [6.07, 6.45) is 0.981. The molecule has 1 heterocycles. The molecule has 1 aromatic heterocycles. The van der Waals surface area contributed by atoms with E-state index in [0.717, 1.165) is 6.07 Å². The lowest BCUT2D eigenvalue weighted by atomic mass is 9.91. The zero-order valence-corrected chi connectivity index (χ0v) is 13.2. The molecule has 0 aliphatic carbocycles. The van der Waals surface area contributed by atoms with Gasteiger partial charge in [0, 0.05) is 23.4 Å². The van der Waals surface area contributed by atoms with Crippen LogP contribution < -0.4 is 10.6 Å². The average molecular weight is 319 g/mol. The van der Waals surface area contributed by atoms with Gasteiger partial charge in [0.2, 0.25) is 0 Å². The minimum atomic E-state index is -0.684. The van der Waals surface area contributed by atoms with E-state index in [9.17, 15) is 13.6 Å². The van der Waals surface area contributed by atoms with Crippen LogP contribution in [0.15, 0.2) is 42.6 Å². The van der Waals surface area contributed by atoms with Gasteiger partial charge in [0.05, 0.1) is 0 Å². The van der Waals surface area contributed by atoms with Crippen LogP contribution in [0.4, 0.5) is 14.5 Å². The second-order valence-corrected chi connectivity index (χ2v) is 6.29. The Morgan fingerprint density at radius 2 is 1.78 bits per heavy atom. The normalized spacial score (nSPS) is 12.6. The Balaban J connectivity index is 2.19. The highest BCUT2D eigenvalue weighted by Gasteiger charge is 2.27. The van der Waals surface area contributed by atoms with E-state index in [1.54, 1.807) is 18.2 Å². The maximum absolute atomic E-state index is 13.3. The fourth-order valence-electron chi connectivity index (χ4n) is 1.98. The monoisotopic (exact) mass is 319 g/mol. The van der Waals surface area contributed by atoms with Gasteiger partial charge in [-0.25, -0.2) is 8.78 Å². The highest BCUT2D eigenvalue weighted by atomic mass is 19.1. The molecule has 1 aromatic carbocycles. The van der Waals surface area contributed by atoms with Gasteiger partial charge in [-0.3, -0.25) is 9.78 Å². The van der Waals surface area contributed by atoms with E-state index in [-0.39, 0.29) is 17.3 Å². The molecule has 0 aliphatic heterocycles. The Kier molecular flexibility index (Phi) is 4.93. The first-order valence-corrected chi connectivity index (χ1v) is 7.20. The van der Waals surface area contributed by atoms with Crippen molar-refractivity contribution in [3.8, 4) is 0 Å². The molecule has 2 aromatic rings. The molecule has 1 atom stereocenters. The van der Waals surface area contributed by atoms with E-state index in [1.807, 2.05) is 20.8 Å². The fraction of sp³-hybridized carbons (Fsp3) is 0.294. The first-order chi connectivity index (χ1) is 10.8. The third-order valence-electron chi connectivity index (χ3n) is 3.21. The third kappa shape index (κ3) is 4.74. The zero-order chi connectivity index (χ0) is 17.0. The van der Waals surface area contributed by atoms with E-state index >= 15 is 0 Å². The molecule has 0 fully saturated rings. The number of hydrogen-bond donors (Lipinski definition) is 2. The van der Waals surface area contributed by atoms with Crippen LogP contribution >= 0.6 is 0 Å². The summed E-state index contributed by atoms with van der Waals surface area (Å²) in [7, 11) is 0. The molecule has 0 saturated carbocycles. The van der Waals surface area contributed by atoms with E-state index < -0.39 is 23.2 Å². The average Bonchev–Trinajstić information content (AvgIpc) is 2.45. The summed E-state index contributed by atoms with van der Waals surface area (Å²) in [4.78, 5) is 16.3. The summed E-state index contributed by atoms with van der Waals surface area (Å²) >= 11 is 0. The largest absolute Gasteiger partial charge is 0.365 e. The quantitative estimate of drug-likeness (QED) is 0.847. The number of carbonyl (C=O) groups is 1. The molecule has 0 spiro atoms. The zero-order valence-electron chi connectivity index (χ0n) is 13.2. The predicted molar refractivity (Wildman–Crippen MR) is 84.9 cm³/mol. The molecular formula is C17H19F2N3O. The molecule has 0 bridgehead atoms. The van der Waals surface area contributed by atoms with Gasteiger partial charge in [0.25, 0.3) is 5.91 Å². The second kappa shape index (κ2) is 6.73. The molecule has 6 heteroatoms. The minimum Gasteiger partial charge on any atom is -0.365 e. The molecule has 2 rings (SSSR count). The Hall–Kier alpha value is -2.50. The Morgan fingerprint density at radius 3 is 2.30 bits per heavy atom. The summed E-state index contributed by atoms with van der Waals surface area (Å²) < 4.78 is 26.7. The van der Waals surface area contributed by atoms with Gasteiger partial charge in [0.1, 0.15) is 23.5 Å². The Morgan fingerprint density at radius 1 is 1.13 bits per heavy atom. The topological polar surface area (TPSA) is 54.0 Å². The molecule has 122 valence electrons. The van der Waals surface area contributed by atoms with Gasteiger partial charge >= 0.3 is 0 Å². The summed E-state index contributed by atoms with van der Waals surface area (Å²) in [6, 6.07) is 8.17. The first-order valence-electron chi connectivity index (χ1n) is 7.20. The van der Waals surface area contributed by atoms with Crippen LogP contribution in [0.25, 0.3) is 0 Å². The number of amides is 1. The molecule has 0 radical (unpaired) electrons. The number of pyridine rings is 1. The lowest BCUT2D eigenvalue weighted by Crippen LogP contribution is -2.49. The molecule has 4 nitrogen and oxygen atoms in total. The number of anilines is 1. The Bertz CT molecular complexity index is 664. The van der Waals surface area contributed by atoms with Gasteiger partial charge in [-0.15, -0.1) is 0 Å². The van der Waals surface area contributed by atoms with Crippen molar-refractivity contribution in [2.75, 3.05) is 5.32 Å². The van der Waals surface area contributed by atoms with Crippen LogP contribution in [-0.4, -0.2) is 17.1 Å². The number of rotatable bonds is 4. The number of aromatic nitrogens is 1. The highest BCUT2D eigenvalue weighted by Crippen LogP contribution is 2.23. The van der Waals surface area contributed by atoms with Gasteiger partial charge in [-0.1, -0.05) is 26.8 Å². The van der Waals surface area contributed by atoms with Crippen molar-refractivity contribution in [3.05, 3.63) is 59.9 Å². The number of benzene rings is 1. The third-order valence-corrected chi connectivity index (χ3v) is 3.21. The van der Waals surface area contributed by atoms with Gasteiger partial charge < -0.3 is 10.6 Å². The molecule has 2 N–H and O–H groups in total. The summed E-state index contributed by atoms with van der Waals surface area (Å²) in [5, 5.41) is 5.76. The second-order valence-electron chi connectivity index (χ2n) is 6.29. The number of nitrogens with zero attached hydrogens (tertiary/aromatic N) is 1. The number of nitrogens with one attached hydrogen (secondary N) is 2.